The summed E-state index contributed by atoms with van der Waals surface area (Å²) in [6.45, 7) is 4.69. The second-order valence-corrected chi connectivity index (χ2v) is 17.7. The molecule has 3 unspecified atom stereocenters. The highest BCUT2D eigenvalue weighted by Crippen LogP contribution is 2.63. The van der Waals surface area contributed by atoms with Crippen molar-refractivity contribution in [1.82, 2.24) is 0 Å². The van der Waals surface area contributed by atoms with Gasteiger partial charge < -0.3 is 0 Å². The topological polar surface area (TPSA) is 34.1 Å². The van der Waals surface area contributed by atoms with Gasteiger partial charge in [-0.25, -0.2) is 4.39 Å². The first-order chi connectivity index (χ1) is 25.4. The first kappa shape index (κ1) is 40.9. The fraction of sp³-hybridized carbons (Fsp3) is 0.714. The van der Waals surface area contributed by atoms with Crippen molar-refractivity contribution in [1.29, 1.82) is 0 Å². The van der Waals surface area contributed by atoms with Crippen LogP contribution in [0.3, 0.4) is 0 Å². The molecular formula is C49H73FO2. The van der Waals surface area contributed by atoms with E-state index in [-0.39, 0.29) is 17.0 Å². The smallest absolute Gasteiger partial charge is 0.162 e. The van der Waals surface area contributed by atoms with Gasteiger partial charge in [-0.15, -0.1) is 0 Å². The molecule has 0 amide bonds. The summed E-state index contributed by atoms with van der Waals surface area (Å²) in [7, 11) is 0. The van der Waals surface area contributed by atoms with E-state index in [4.69, 9.17) is 0 Å². The number of Topliss-reactive ketones (excluding diaryl/α,β-unsaturated/α-hetero) is 2. The monoisotopic (exact) mass is 713 g/mol. The summed E-state index contributed by atoms with van der Waals surface area (Å²) in [6, 6.07) is 13.1. The molecule has 288 valence electrons. The zero-order valence-corrected chi connectivity index (χ0v) is 33.3. The summed E-state index contributed by atoms with van der Waals surface area (Å²) >= 11 is 0. The van der Waals surface area contributed by atoms with Gasteiger partial charge in [-0.3, -0.25) is 9.59 Å². The molecule has 3 aliphatic rings. The zero-order valence-electron chi connectivity index (χ0n) is 33.3. The van der Waals surface area contributed by atoms with Crippen LogP contribution in [-0.2, 0) is 4.79 Å². The summed E-state index contributed by atoms with van der Waals surface area (Å²) in [5.74, 6) is 2.95. The Morgan fingerprint density at radius 1 is 0.635 bits per heavy atom. The van der Waals surface area contributed by atoms with Crippen molar-refractivity contribution in [3.8, 4) is 0 Å². The maximum absolute atomic E-state index is 13.5. The van der Waals surface area contributed by atoms with Gasteiger partial charge >= 0.3 is 0 Å². The number of benzene rings is 2. The Labute approximate surface area is 317 Å². The number of carbonyl (C=O) groups is 2. The van der Waals surface area contributed by atoms with Gasteiger partial charge in [0, 0.05) is 24.8 Å². The number of unbranched alkanes of at least 4 members (excludes halogenated alkanes) is 16. The van der Waals surface area contributed by atoms with Crippen LogP contribution in [0, 0.1) is 17.2 Å². The van der Waals surface area contributed by atoms with Crippen LogP contribution < -0.4 is 0 Å². The largest absolute Gasteiger partial charge is 0.300 e. The van der Waals surface area contributed by atoms with Gasteiger partial charge in [0.15, 0.2) is 5.78 Å². The standard InChI is InChI=1S/C49H73FO2/c1-3-4-5-6-7-8-9-10-11-12-13-14-15-16-17-18-19-22-41(51)32-35-49(34-21-25-47(52)39-27-29-40(50)30-28-39)36-33-43-45-31-26-38(2)42-23-20-24-44(48(42)45)46(43)37-49/h20,23-24,27-30,38,43,45-46H,3-19,21-22,25-26,31-37H2,1-2H3/t38?,43-,45?,46-,49?/m1/s1. The minimum atomic E-state index is -0.302. The molecule has 0 N–H and O–H groups in total. The Balaban J connectivity index is 1.02. The third kappa shape index (κ3) is 11.9. The van der Waals surface area contributed by atoms with Crippen LogP contribution in [0.15, 0.2) is 42.5 Å². The number of rotatable bonds is 26. The quantitative estimate of drug-likeness (QED) is 0.0719. The highest BCUT2D eigenvalue weighted by atomic mass is 19.1. The van der Waals surface area contributed by atoms with Crippen LogP contribution in [0.1, 0.15) is 238 Å². The van der Waals surface area contributed by atoms with E-state index < -0.39 is 0 Å². The van der Waals surface area contributed by atoms with Crippen LogP contribution in [0.2, 0.25) is 0 Å². The number of fused-ring (bicyclic) bond motifs is 3. The van der Waals surface area contributed by atoms with Gasteiger partial charge in [0.2, 0.25) is 0 Å². The van der Waals surface area contributed by atoms with E-state index in [9.17, 15) is 14.0 Å². The average molecular weight is 713 g/mol. The van der Waals surface area contributed by atoms with Gasteiger partial charge in [-0.2, -0.15) is 0 Å². The van der Waals surface area contributed by atoms with Crippen molar-refractivity contribution in [2.75, 3.05) is 0 Å². The van der Waals surface area contributed by atoms with E-state index >= 15 is 0 Å². The van der Waals surface area contributed by atoms with E-state index in [0.29, 0.717) is 41.9 Å². The molecule has 0 bridgehead atoms. The molecule has 5 atom stereocenters. The average Bonchev–Trinajstić information content (AvgIpc) is 3.47. The molecule has 52 heavy (non-hydrogen) atoms. The Bertz CT molecular complexity index is 1360. The number of halogens is 1. The predicted octanol–water partition coefficient (Wildman–Crippen LogP) is 15.1. The molecule has 0 radical (unpaired) electrons. The first-order valence-electron chi connectivity index (χ1n) is 22.3. The van der Waals surface area contributed by atoms with Crippen LogP contribution in [-0.4, -0.2) is 11.6 Å². The molecule has 1 fully saturated rings. The van der Waals surface area contributed by atoms with Crippen LogP contribution in [0.5, 0.6) is 0 Å². The minimum Gasteiger partial charge on any atom is -0.300 e. The molecule has 1 saturated carbocycles. The number of hydrogen-bond donors (Lipinski definition) is 0. The Morgan fingerprint density at radius 2 is 1.23 bits per heavy atom. The van der Waals surface area contributed by atoms with Crippen molar-refractivity contribution in [2.24, 2.45) is 11.3 Å². The van der Waals surface area contributed by atoms with Gasteiger partial charge in [-0.05, 0) is 128 Å². The molecule has 5 rings (SSSR count). The lowest BCUT2D eigenvalue weighted by molar-refractivity contribution is -0.120. The molecular weight excluding hydrogens is 640 g/mol. The summed E-state index contributed by atoms with van der Waals surface area (Å²) in [5, 5.41) is 0. The van der Waals surface area contributed by atoms with Crippen molar-refractivity contribution in [2.45, 2.75) is 211 Å². The van der Waals surface area contributed by atoms with E-state index in [1.165, 1.54) is 141 Å². The van der Waals surface area contributed by atoms with Gasteiger partial charge in [0.1, 0.15) is 11.6 Å². The summed E-state index contributed by atoms with van der Waals surface area (Å²) in [5.41, 5.74) is 5.63. The predicted molar refractivity (Wildman–Crippen MR) is 217 cm³/mol. The normalized spacial score (nSPS) is 23.4. The lowest BCUT2D eigenvalue weighted by Crippen LogP contribution is -2.33. The minimum absolute atomic E-state index is 0.106. The van der Waals surface area contributed by atoms with E-state index in [0.717, 1.165) is 44.4 Å². The lowest BCUT2D eigenvalue weighted by atomic mass is 9.60. The highest BCUT2D eigenvalue weighted by molar-refractivity contribution is 5.95. The molecule has 3 heteroatoms. The summed E-state index contributed by atoms with van der Waals surface area (Å²) < 4.78 is 13.5. The maximum atomic E-state index is 13.5. The van der Waals surface area contributed by atoms with Gasteiger partial charge in [0.05, 0.1) is 0 Å². The van der Waals surface area contributed by atoms with Gasteiger partial charge in [-0.1, -0.05) is 135 Å². The van der Waals surface area contributed by atoms with Crippen LogP contribution >= 0.6 is 0 Å². The molecule has 3 aliphatic carbocycles. The fourth-order valence-corrected chi connectivity index (χ4v) is 10.7. The van der Waals surface area contributed by atoms with Crippen LogP contribution in [0.25, 0.3) is 0 Å². The zero-order chi connectivity index (χ0) is 36.6. The van der Waals surface area contributed by atoms with Crippen molar-refractivity contribution in [3.63, 3.8) is 0 Å². The van der Waals surface area contributed by atoms with E-state index in [2.05, 4.69) is 32.0 Å². The van der Waals surface area contributed by atoms with Crippen molar-refractivity contribution in [3.05, 3.63) is 70.5 Å². The fourth-order valence-electron chi connectivity index (χ4n) is 10.7. The molecule has 2 aromatic rings. The Morgan fingerprint density at radius 3 is 1.87 bits per heavy atom. The van der Waals surface area contributed by atoms with Crippen LogP contribution in [0.4, 0.5) is 4.39 Å². The van der Waals surface area contributed by atoms with Gasteiger partial charge in [0.25, 0.3) is 0 Å². The second-order valence-electron chi connectivity index (χ2n) is 17.7. The molecule has 2 nitrogen and oxygen atoms in total. The summed E-state index contributed by atoms with van der Waals surface area (Å²) in [4.78, 5) is 26.3. The third-order valence-corrected chi connectivity index (χ3v) is 13.9. The number of hydrogen-bond acceptors (Lipinski definition) is 2. The molecule has 0 aliphatic heterocycles. The third-order valence-electron chi connectivity index (χ3n) is 13.9. The molecule has 2 aromatic carbocycles. The highest BCUT2D eigenvalue weighted by Gasteiger charge is 2.50. The molecule has 0 heterocycles. The first-order valence-corrected chi connectivity index (χ1v) is 22.3. The Hall–Kier alpha value is -2.29. The second kappa shape index (κ2) is 21.6. The number of carbonyl (C=O) groups excluding carboxylic acids is 2. The van der Waals surface area contributed by atoms with E-state index in [1.54, 1.807) is 28.8 Å². The maximum Gasteiger partial charge on any atom is 0.162 e. The lowest BCUT2D eigenvalue weighted by Gasteiger charge is -2.45. The molecule has 0 aromatic heterocycles. The van der Waals surface area contributed by atoms with E-state index in [1.807, 2.05) is 0 Å². The van der Waals surface area contributed by atoms with Crippen molar-refractivity contribution >= 4 is 11.6 Å². The Kier molecular flexibility index (Phi) is 17.0. The summed E-state index contributed by atoms with van der Waals surface area (Å²) in [6.07, 6.45) is 34.0. The SMILES string of the molecule is CCCCCCCCCCCCCCCCCCCC(=O)CCC1(CCCC(=O)c2ccc(F)cc2)CC[C@@H]2C3CCC(C)c4cccc(c43)[C@@H]2C1. The number of ketones is 2. The molecule has 0 saturated heterocycles. The van der Waals surface area contributed by atoms with Crippen molar-refractivity contribution < 1.29 is 14.0 Å². The molecule has 0 spiro atoms.